The highest BCUT2D eigenvalue weighted by Gasteiger charge is 2.14. The fourth-order valence-electron chi connectivity index (χ4n) is 1.48. The molecule has 0 unspecified atom stereocenters. The Balaban J connectivity index is 2.31. The van der Waals surface area contributed by atoms with Crippen molar-refractivity contribution in [3.05, 3.63) is 60.4 Å². The van der Waals surface area contributed by atoms with Gasteiger partial charge in [-0.15, -0.1) is 0 Å². The van der Waals surface area contributed by atoms with Crippen LogP contribution in [-0.4, -0.2) is 5.78 Å². The predicted molar refractivity (Wildman–Crippen MR) is 62.1 cm³/mol. The number of carbonyl (C=O) groups is 1. The average molecular weight is 213 g/mol. The quantitative estimate of drug-likeness (QED) is 0.625. The van der Waals surface area contributed by atoms with Crippen molar-refractivity contribution < 1.29 is 9.47 Å². The van der Waals surface area contributed by atoms with E-state index in [0.717, 1.165) is 5.69 Å². The van der Waals surface area contributed by atoms with Gasteiger partial charge in [0.25, 0.3) is 5.69 Å². The largest absolute Gasteiger partial charge is 0.288 e. The zero-order valence-corrected chi connectivity index (χ0v) is 9.05. The molecule has 1 heterocycles. The van der Waals surface area contributed by atoms with Crippen LogP contribution in [0.25, 0.3) is 0 Å². The molecule has 0 aliphatic rings. The van der Waals surface area contributed by atoms with E-state index in [9.17, 15) is 4.79 Å². The summed E-state index contributed by atoms with van der Waals surface area (Å²) in [6, 6.07) is 15.2. The molecule has 0 saturated carbocycles. The lowest BCUT2D eigenvalue weighted by atomic mass is 10.3. The smallest absolute Gasteiger partial charge is 0.277 e. The van der Waals surface area contributed by atoms with Crippen molar-refractivity contribution in [2.75, 3.05) is 5.43 Å². The Bertz CT molecular complexity index is 494. The first-order valence-corrected chi connectivity index (χ1v) is 5.11. The van der Waals surface area contributed by atoms with Gasteiger partial charge in [0, 0.05) is 19.1 Å². The lowest BCUT2D eigenvalue weighted by Crippen LogP contribution is -2.46. The first-order valence-electron chi connectivity index (χ1n) is 5.11. The summed E-state index contributed by atoms with van der Waals surface area (Å²) in [7, 11) is 0. The summed E-state index contributed by atoms with van der Waals surface area (Å²) in [5, 5.41) is 0. The van der Waals surface area contributed by atoms with Gasteiger partial charge in [-0.05, 0) is 18.2 Å². The van der Waals surface area contributed by atoms with E-state index in [-0.39, 0.29) is 5.78 Å². The van der Waals surface area contributed by atoms with Crippen molar-refractivity contribution in [1.29, 1.82) is 0 Å². The number of nitrogens with zero attached hydrogens (tertiary/aromatic N) is 1. The lowest BCUT2D eigenvalue weighted by molar-refractivity contribution is -0.644. The standard InChI is InChI=1S/C13H12N2O/c1-11(16)13-9-5-6-10-15(13)14-12-7-3-2-4-8-12/h2-10H,1H3/p+1. The Hall–Kier alpha value is -2.16. The second kappa shape index (κ2) is 4.57. The molecule has 0 aliphatic carbocycles. The number of hydrogen-bond acceptors (Lipinski definition) is 2. The van der Waals surface area contributed by atoms with Crippen LogP contribution in [0.5, 0.6) is 0 Å². The molecule has 0 amide bonds. The summed E-state index contributed by atoms with van der Waals surface area (Å²) in [5.74, 6) is 0.0315. The number of pyridine rings is 1. The normalized spacial score (nSPS) is 9.81. The molecule has 0 atom stereocenters. The van der Waals surface area contributed by atoms with Gasteiger partial charge < -0.3 is 0 Å². The number of aromatic nitrogens is 1. The monoisotopic (exact) mass is 213 g/mol. The van der Waals surface area contributed by atoms with Crippen LogP contribution in [0, 0.1) is 0 Å². The van der Waals surface area contributed by atoms with E-state index in [1.54, 1.807) is 17.7 Å². The number of hydrogen-bond donors (Lipinski definition) is 1. The van der Waals surface area contributed by atoms with Crippen molar-refractivity contribution >= 4 is 11.5 Å². The van der Waals surface area contributed by atoms with E-state index in [4.69, 9.17) is 0 Å². The SMILES string of the molecule is CC(=O)c1cccc[n+]1Nc1ccccc1. The summed E-state index contributed by atoms with van der Waals surface area (Å²) in [4.78, 5) is 11.4. The number of para-hydroxylation sites is 1. The van der Waals surface area contributed by atoms with E-state index < -0.39 is 0 Å². The van der Waals surface area contributed by atoms with E-state index in [2.05, 4.69) is 5.43 Å². The van der Waals surface area contributed by atoms with Gasteiger partial charge in [-0.25, -0.2) is 0 Å². The first kappa shape index (κ1) is 10.4. The molecule has 1 aromatic carbocycles. The summed E-state index contributed by atoms with van der Waals surface area (Å²) < 4.78 is 1.72. The Morgan fingerprint density at radius 1 is 1.06 bits per heavy atom. The Morgan fingerprint density at radius 2 is 1.75 bits per heavy atom. The Labute approximate surface area is 94.3 Å². The topological polar surface area (TPSA) is 33.0 Å². The molecule has 0 aliphatic heterocycles. The number of carbonyl (C=O) groups excluding carboxylic acids is 1. The molecule has 0 spiro atoms. The molecule has 80 valence electrons. The first-order chi connectivity index (χ1) is 7.77. The van der Waals surface area contributed by atoms with Crippen LogP contribution in [-0.2, 0) is 0 Å². The fourth-order valence-corrected chi connectivity index (χ4v) is 1.48. The minimum atomic E-state index is 0.0315. The molecule has 0 bridgehead atoms. The van der Waals surface area contributed by atoms with Gasteiger partial charge in [-0.1, -0.05) is 22.9 Å². The molecular weight excluding hydrogens is 200 g/mol. The highest BCUT2D eigenvalue weighted by Crippen LogP contribution is 2.03. The molecule has 0 radical (unpaired) electrons. The minimum Gasteiger partial charge on any atom is -0.288 e. The predicted octanol–water partition coefficient (Wildman–Crippen LogP) is 2.05. The van der Waals surface area contributed by atoms with Crippen molar-refractivity contribution in [3.8, 4) is 0 Å². The molecule has 2 rings (SSSR count). The summed E-state index contributed by atoms with van der Waals surface area (Å²) in [6.45, 7) is 1.55. The Morgan fingerprint density at radius 3 is 2.44 bits per heavy atom. The molecule has 16 heavy (non-hydrogen) atoms. The molecule has 0 saturated heterocycles. The van der Waals surface area contributed by atoms with E-state index in [1.165, 1.54) is 0 Å². The molecular formula is C13H13N2O+. The van der Waals surface area contributed by atoms with Crippen LogP contribution >= 0.6 is 0 Å². The van der Waals surface area contributed by atoms with Gasteiger partial charge in [0.15, 0.2) is 0 Å². The van der Waals surface area contributed by atoms with Crippen LogP contribution in [0.2, 0.25) is 0 Å². The third-order valence-corrected chi connectivity index (χ3v) is 2.24. The van der Waals surface area contributed by atoms with Gasteiger partial charge in [-0.3, -0.25) is 4.79 Å². The second-order valence-electron chi connectivity index (χ2n) is 3.49. The zero-order chi connectivity index (χ0) is 11.4. The van der Waals surface area contributed by atoms with Crippen molar-refractivity contribution in [1.82, 2.24) is 0 Å². The van der Waals surface area contributed by atoms with E-state index >= 15 is 0 Å². The molecule has 0 fully saturated rings. The van der Waals surface area contributed by atoms with Crippen molar-refractivity contribution in [3.63, 3.8) is 0 Å². The zero-order valence-electron chi connectivity index (χ0n) is 9.05. The third-order valence-electron chi connectivity index (χ3n) is 2.24. The fraction of sp³-hybridized carbons (Fsp3) is 0.0769. The van der Waals surface area contributed by atoms with Gasteiger partial charge >= 0.3 is 0 Å². The third kappa shape index (κ3) is 2.25. The van der Waals surface area contributed by atoms with Crippen molar-refractivity contribution in [2.24, 2.45) is 0 Å². The maximum absolute atomic E-state index is 11.4. The second-order valence-corrected chi connectivity index (χ2v) is 3.49. The number of benzene rings is 1. The highest BCUT2D eigenvalue weighted by atomic mass is 16.1. The average Bonchev–Trinajstić information content (AvgIpc) is 2.31. The molecule has 1 N–H and O–H groups in total. The molecule has 2 aromatic rings. The van der Waals surface area contributed by atoms with Gasteiger partial charge in [0.2, 0.25) is 12.0 Å². The van der Waals surface area contributed by atoms with Crippen LogP contribution in [0.15, 0.2) is 54.7 Å². The summed E-state index contributed by atoms with van der Waals surface area (Å²) in [5.41, 5.74) is 4.73. The number of ketones is 1. The molecule has 3 nitrogen and oxygen atoms in total. The van der Waals surface area contributed by atoms with E-state index in [0.29, 0.717) is 5.69 Å². The number of nitrogens with one attached hydrogen (secondary N) is 1. The van der Waals surface area contributed by atoms with Gasteiger partial charge in [0.1, 0.15) is 0 Å². The number of Topliss-reactive ketones (excluding diaryl/α,β-unsaturated/α-hetero) is 1. The maximum atomic E-state index is 11.4. The summed E-state index contributed by atoms with van der Waals surface area (Å²) >= 11 is 0. The minimum absolute atomic E-state index is 0.0315. The number of anilines is 1. The summed E-state index contributed by atoms with van der Waals surface area (Å²) in [6.07, 6.45) is 1.82. The van der Waals surface area contributed by atoms with E-state index in [1.807, 2.05) is 48.7 Å². The van der Waals surface area contributed by atoms with Crippen LogP contribution < -0.4 is 10.1 Å². The molecule has 3 heteroatoms. The van der Waals surface area contributed by atoms with Crippen LogP contribution in [0.4, 0.5) is 5.69 Å². The maximum Gasteiger partial charge on any atom is 0.277 e. The molecule has 1 aromatic heterocycles. The lowest BCUT2D eigenvalue weighted by Gasteiger charge is -2.02. The van der Waals surface area contributed by atoms with Gasteiger partial charge in [0.05, 0.1) is 5.69 Å². The van der Waals surface area contributed by atoms with Crippen LogP contribution in [0.3, 0.4) is 0 Å². The number of rotatable bonds is 3. The van der Waals surface area contributed by atoms with Crippen LogP contribution in [0.1, 0.15) is 17.4 Å². The van der Waals surface area contributed by atoms with Gasteiger partial charge in [-0.2, -0.15) is 5.43 Å². The van der Waals surface area contributed by atoms with Crippen molar-refractivity contribution in [2.45, 2.75) is 6.92 Å². The highest BCUT2D eigenvalue weighted by molar-refractivity contribution is 5.90. The Kier molecular flexibility index (Phi) is 2.96.